The lowest BCUT2D eigenvalue weighted by molar-refractivity contribution is -0.115. The molecule has 6 heteroatoms. The predicted molar refractivity (Wildman–Crippen MR) is 99.0 cm³/mol. The van der Waals surface area contributed by atoms with E-state index >= 15 is 0 Å². The van der Waals surface area contributed by atoms with E-state index in [0.29, 0.717) is 28.7 Å². The lowest BCUT2D eigenvalue weighted by Gasteiger charge is -2.13. The van der Waals surface area contributed by atoms with Gasteiger partial charge in [0, 0.05) is 54.2 Å². The Morgan fingerprint density at radius 3 is 2.17 bits per heavy atom. The highest BCUT2D eigenvalue weighted by atomic mass is 35.5. The molecule has 2 N–H and O–H groups in total. The molecule has 0 saturated heterocycles. The zero-order valence-corrected chi connectivity index (χ0v) is 14.6. The molecular formula is C17H19Cl2N3O. The summed E-state index contributed by atoms with van der Waals surface area (Å²) in [4.78, 5) is 14.0. The number of hydrogen-bond donors (Lipinski definition) is 2. The SMILES string of the molecule is CN(C)c1ccc(NCCC(=O)Nc2cc(Cl)cc(Cl)c2)cc1. The Kier molecular flexibility index (Phi) is 6.13. The standard InChI is InChI=1S/C17H19Cl2N3O/c1-22(2)16-5-3-14(4-6-16)20-8-7-17(23)21-15-10-12(18)9-13(19)11-15/h3-6,9-11,20H,7-8H2,1-2H3,(H,21,23). The van der Waals surface area contributed by atoms with Gasteiger partial charge in [0.05, 0.1) is 0 Å². The monoisotopic (exact) mass is 351 g/mol. The molecule has 0 aliphatic rings. The minimum Gasteiger partial charge on any atom is -0.385 e. The first-order chi connectivity index (χ1) is 10.9. The molecule has 0 bridgehead atoms. The maximum absolute atomic E-state index is 11.9. The smallest absolute Gasteiger partial charge is 0.226 e. The highest BCUT2D eigenvalue weighted by Crippen LogP contribution is 2.22. The molecule has 2 aromatic rings. The Bertz CT molecular complexity index is 652. The molecule has 2 rings (SSSR count). The average molecular weight is 352 g/mol. The number of benzene rings is 2. The molecular weight excluding hydrogens is 333 g/mol. The summed E-state index contributed by atoms with van der Waals surface area (Å²) < 4.78 is 0. The molecule has 4 nitrogen and oxygen atoms in total. The second-order valence-electron chi connectivity index (χ2n) is 5.32. The molecule has 0 aliphatic heterocycles. The van der Waals surface area contributed by atoms with E-state index in [1.807, 2.05) is 43.3 Å². The second-order valence-corrected chi connectivity index (χ2v) is 6.20. The maximum Gasteiger partial charge on any atom is 0.226 e. The zero-order chi connectivity index (χ0) is 16.8. The molecule has 0 radical (unpaired) electrons. The maximum atomic E-state index is 11.9. The Morgan fingerprint density at radius 1 is 1.00 bits per heavy atom. The van der Waals surface area contributed by atoms with Crippen molar-refractivity contribution in [2.75, 3.05) is 36.2 Å². The number of nitrogens with zero attached hydrogens (tertiary/aromatic N) is 1. The molecule has 0 aliphatic carbocycles. The molecule has 0 aromatic heterocycles. The average Bonchev–Trinajstić information content (AvgIpc) is 2.46. The number of anilines is 3. The number of nitrogens with one attached hydrogen (secondary N) is 2. The van der Waals surface area contributed by atoms with Crippen LogP contribution in [-0.2, 0) is 4.79 Å². The van der Waals surface area contributed by atoms with Crippen molar-refractivity contribution in [3.8, 4) is 0 Å². The third-order valence-corrected chi connectivity index (χ3v) is 3.65. The van der Waals surface area contributed by atoms with Gasteiger partial charge >= 0.3 is 0 Å². The fraction of sp³-hybridized carbons (Fsp3) is 0.235. The van der Waals surface area contributed by atoms with Gasteiger partial charge in [0.2, 0.25) is 5.91 Å². The molecule has 0 heterocycles. The molecule has 1 amide bonds. The molecule has 0 unspecified atom stereocenters. The summed E-state index contributed by atoms with van der Waals surface area (Å²) in [7, 11) is 3.99. The van der Waals surface area contributed by atoms with Crippen molar-refractivity contribution in [3.63, 3.8) is 0 Å². The molecule has 2 aromatic carbocycles. The van der Waals surface area contributed by atoms with Gasteiger partial charge < -0.3 is 15.5 Å². The number of rotatable bonds is 6. The quantitative estimate of drug-likeness (QED) is 0.805. The minimum atomic E-state index is -0.0965. The van der Waals surface area contributed by atoms with Gasteiger partial charge in [-0.1, -0.05) is 23.2 Å². The summed E-state index contributed by atoms with van der Waals surface area (Å²) in [6.45, 7) is 0.543. The number of carbonyl (C=O) groups excluding carboxylic acids is 1. The molecule has 122 valence electrons. The van der Waals surface area contributed by atoms with Crippen LogP contribution in [0.3, 0.4) is 0 Å². The van der Waals surface area contributed by atoms with Crippen LogP contribution in [-0.4, -0.2) is 26.5 Å². The van der Waals surface area contributed by atoms with Crippen LogP contribution < -0.4 is 15.5 Å². The summed E-state index contributed by atoms with van der Waals surface area (Å²) in [5.74, 6) is -0.0965. The van der Waals surface area contributed by atoms with E-state index in [1.165, 1.54) is 0 Å². The van der Waals surface area contributed by atoms with Crippen LogP contribution in [0.1, 0.15) is 6.42 Å². The van der Waals surface area contributed by atoms with Gasteiger partial charge in [0.1, 0.15) is 0 Å². The summed E-state index contributed by atoms with van der Waals surface area (Å²) in [5.41, 5.74) is 2.71. The Labute approximate surface area is 146 Å². The molecule has 0 fully saturated rings. The topological polar surface area (TPSA) is 44.4 Å². The van der Waals surface area contributed by atoms with Crippen molar-refractivity contribution in [3.05, 3.63) is 52.5 Å². The normalized spacial score (nSPS) is 10.3. The Morgan fingerprint density at radius 2 is 1.61 bits per heavy atom. The first kappa shape index (κ1) is 17.4. The fourth-order valence-corrected chi connectivity index (χ4v) is 2.57. The predicted octanol–water partition coefficient (Wildman–Crippen LogP) is 4.50. The number of halogens is 2. The van der Waals surface area contributed by atoms with Gasteiger partial charge in [-0.3, -0.25) is 4.79 Å². The van der Waals surface area contributed by atoms with Crippen LogP contribution in [0.25, 0.3) is 0 Å². The summed E-state index contributed by atoms with van der Waals surface area (Å²) in [5, 5.41) is 6.98. The molecule has 0 spiro atoms. The van der Waals surface area contributed by atoms with Crippen LogP contribution in [0.15, 0.2) is 42.5 Å². The van der Waals surface area contributed by atoms with Crippen molar-refractivity contribution in [1.29, 1.82) is 0 Å². The van der Waals surface area contributed by atoms with Gasteiger partial charge in [-0.25, -0.2) is 0 Å². The summed E-state index contributed by atoms with van der Waals surface area (Å²) in [6.07, 6.45) is 0.347. The van der Waals surface area contributed by atoms with E-state index in [-0.39, 0.29) is 5.91 Å². The third kappa shape index (κ3) is 5.66. The van der Waals surface area contributed by atoms with Crippen LogP contribution in [0.5, 0.6) is 0 Å². The van der Waals surface area contributed by atoms with Gasteiger partial charge in [-0.15, -0.1) is 0 Å². The van der Waals surface area contributed by atoms with Gasteiger partial charge in [-0.05, 0) is 42.5 Å². The van der Waals surface area contributed by atoms with Crippen LogP contribution in [0.4, 0.5) is 17.1 Å². The number of amides is 1. The van der Waals surface area contributed by atoms with E-state index in [1.54, 1.807) is 18.2 Å². The van der Waals surface area contributed by atoms with Crippen LogP contribution >= 0.6 is 23.2 Å². The molecule has 0 atom stereocenters. The van der Waals surface area contributed by atoms with E-state index in [2.05, 4.69) is 10.6 Å². The van der Waals surface area contributed by atoms with Crippen LogP contribution in [0, 0.1) is 0 Å². The van der Waals surface area contributed by atoms with Crippen molar-refractivity contribution in [1.82, 2.24) is 0 Å². The van der Waals surface area contributed by atoms with E-state index in [9.17, 15) is 4.79 Å². The highest BCUT2D eigenvalue weighted by Gasteiger charge is 2.04. The lowest BCUT2D eigenvalue weighted by atomic mass is 10.2. The van der Waals surface area contributed by atoms with E-state index in [4.69, 9.17) is 23.2 Å². The summed E-state index contributed by atoms with van der Waals surface area (Å²) in [6, 6.07) is 13.0. The zero-order valence-electron chi connectivity index (χ0n) is 13.1. The molecule has 0 saturated carbocycles. The van der Waals surface area contributed by atoms with Crippen molar-refractivity contribution in [2.45, 2.75) is 6.42 Å². The second kappa shape index (κ2) is 8.09. The van der Waals surface area contributed by atoms with E-state index in [0.717, 1.165) is 11.4 Å². The van der Waals surface area contributed by atoms with Crippen molar-refractivity contribution < 1.29 is 4.79 Å². The Balaban J connectivity index is 1.80. The minimum absolute atomic E-state index is 0.0965. The number of carbonyl (C=O) groups is 1. The molecule has 23 heavy (non-hydrogen) atoms. The first-order valence-electron chi connectivity index (χ1n) is 7.21. The Hall–Kier alpha value is -1.91. The van der Waals surface area contributed by atoms with Crippen LogP contribution in [0.2, 0.25) is 10.0 Å². The highest BCUT2D eigenvalue weighted by molar-refractivity contribution is 6.35. The number of hydrogen-bond acceptors (Lipinski definition) is 3. The van der Waals surface area contributed by atoms with E-state index < -0.39 is 0 Å². The van der Waals surface area contributed by atoms with Gasteiger partial charge in [0.15, 0.2) is 0 Å². The van der Waals surface area contributed by atoms with Crippen molar-refractivity contribution >= 4 is 46.2 Å². The van der Waals surface area contributed by atoms with Crippen molar-refractivity contribution in [2.24, 2.45) is 0 Å². The van der Waals surface area contributed by atoms with Gasteiger partial charge in [-0.2, -0.15) is 0 Å². The largest absolute Gasteiger partial charge is 0.385 e. The lowest BCUT2D eigenvalue weighted by Crippen LogP contribution is -2.16. The van der Waals surface area contributed by atoms with Gasteiger partial charge in [0.25, 0.3) is 0 Å². The third-order valence-electron chi connectivity index (χ3n) is 3.21. The summed E-state index contributed by atoms with van der Waals surface area (Å²) >= 11 is 11.8. The fourth-order valence-electron chi connectivity index (χ4n) is 2.05. The first-order valence-corrected chi connectivity index (χ1v) is 7.97.